The number of anilines is 1. The van der Waals surface area contributed by atoms with Crippen molar-refractivity contribution in [3.63, 3.8) is 0 Å². The summed E-state index contributed by atoms with van der Waals surface area (Å²) >= 11 is 4.95. The van der Waals surface area contributed by atoms with E-state index in [0.717, 1.165) is 25.1 Å². The summed E-state index contributed by atoms with van der Waals surface area (Å²) in [5, 5.41) is 10.1. The first kappa shape index (κ1) is 13.2. The molecule has 5 nitrogen and oxygen atoms in total. The lowest BCUT2D eigenvalue weighted by Gasteiger charge is -2.36. The fourth-order valence-electron chi connectivity index (χ4n) is 2.21. The molecule has 1 atom stereocenters. The van der Waals surface area contributed by atoms with Gasteiger partial charge >= 0.3 is 0 Å². The summed E-state index contributed by atoms with van der Waals surface area (Å²) in [5.74, 6) is 0.595. The van der Waals surface area contributed by atoms with Crippen molar-refractivity contribution >= 4 is 23.2 Å². The Morgan fingerprint density at radius 1 is 1.56 bits per heavy atom. The first-order valence-electron chi connectivity index (χ1n) is 6.00. The molecular formula is C12H18N4OS. The van der Waals surface area contributed by atoms with Crippen molar-refractivity contribution < 1.29 is 5.11 Å². The first-order chi connectivity index (χ1) is 8.37. The van der Waals surface area contributed by atoms with E-state index in [4.69, 9.17) is 18.0 Å². The molecule has 0 bridgehead atoms. The highest BCUT2D eigenvalue weighted by atomic mass is 32.1. The topological polar surface area (TPSA) is 75.3 Å². The van der Waals surface area contributed by atoms with E-state index in [1.807, 2.05) is 18.7 Å². The maximum atomic E-state index is 10.1. The molecule has 0 aromatic carbocycles. The molecule has 0 spiro atoms. The van der Waals surface area contributed by atoms with Gasteiger partial charge in [0.1, 0.15) is 10.7 Å². The molecule has 98 valence electrons. The molecule has 1 aromatic rings. The number of nitrogens with two attached hydrogens (primary N) is 1. The van der Waals surface area contributed by atoms with Crippen molar-refractivity contribution in [2.24, 2.45) is 5.73 Å². The lowest BCUT2D eigenvalue weighted by molar-refractivity contribution is 0.0444. The van der Waals surface area contributed by atoms with Crippen LogP contribution in [-0.2, 0) is 0 Å². The minimum atomic E-state index is -0.686. The normalized spacial score (nSPS) is 24.1. The van der Waals surface area contributed by atoms with Crippen LogP contribution in [0.25, 0.3) is 0 Å². The van der Waals surface area contributed by atoms with Gasteiger partial charge in [-0.05, 0) is 32.8 Å². The van der Waals surface area contributed by atoms with E-state index < -0.39 is 5.60 Å². The Kier molecular flexibility index (Phi) is 3.49. The molecule has 6 heteroatoms. The van der Waals surface area contributed by atoms with Gasteiger partial charge in [-0.2, -0.15) is 0 Å². The first-order valence-corrected chi connectivity index (χ1v) is 6.41. The Bertz CT molecular complexity index is 475. The molecule has 1 aliphatic rings. The van der Waals surface area contributed by atoms with Crippen molar-refractivity contribution in [3.8, 4) is 0 Å². The van der Waals surface area contributed by atoms with Gasteiger partial charge in [-0.3, -0.25) is 0 Å². The molecule has 1 unspecified atom stereocenters. The molecule has 1 aliphatic heterocycles. The van der Waals surface area contributed by atoms with Crippen molar-refractivity contribution in [2.75, 3.05) is 18.0 Å². The van der Waals surface area contributed by atoms with Gasteiger partial charge in [0.25, 0.3) is 0 Å². The number of aromatic nitrogens is 2. The van der Waals surface area contributed by atoms with Crippen LogP contribution in [0.2, 0.25) is 0 Å². The second-order valence-corrected chi connectivity index (χ2v) is 5.52. The van der Waals surface area contributed by atoms with Gasteiger partial charge in [0.15, 0.2) is 0 Å². The predicted octanol–water partition coefficient (Wildman–Crippen LogP) is 0.770. The van der Waals surface area contributed by atoms with E-state index in [2.05, 4.69) is 9.97 Å². The third-order valence-electron chi connectivity index (χ3n) is 3.05. The number of nitrogens with zero attached hydrogens (tertiary/aromatic N) is 3. The number of rotatable bonds is 2. The summed E-state index contributed by atoms with van der Waals surface area (Å²) in [6.07, 6.45) is 1.73. The van der Waals surface area contributed by atoms with Gasteiger partial charge in [-0.15, -0.1) is 0 Å². The van der Waals surface area contributed by atoms with Crippen LogP contribution in [0.1, 0.15) is 31.2 Å². The zero-order valence-electron chi connectivity index (χ0n) is 10.7. The van der Waals surface area contributed by atoms with E-state index in [1.165, 1.54) is 0 Å². The number of hydrogen-bond acceptors (Lipinski definition) is 5. The molecule has 0 aliphatic carbocycles. The number of thiocarbonyl (C=S) groups is 1. The summed E-state index contributed by atoms with van der Waals surface area (Å²) in [6.45, 7) is 5.10. The quantitative estimate of drug-likeness (QED) is 0.770. The minimum absolute atomic E-state index is 0.269. The maximum absolute atomic E-state index is 10.1. The molecule has 1 fully saturated rings. The molecule has 3 N–H and O–H groups in total. The smallest absolute Gasteiger partial charge is 0.226 e. The molecule has 2 heterocycles. The van der Waals surface area contributed by atoms with E-state index in [1.54, 1.807) is 6.07 Å². The summed E-state index contributed by atoms with van der Waals surface area (Å²) in [5.41, 5.74) is 6.33. The van der Waals surface area contributed by atoms with Crippen LogP contribution in [0.5, 0.6) is 0 Å². The third kappa shape index (κ3) is 2.94. The molecular weight excluding hydrogens is 248 g/mol. The summed E-state index contributed by atoms with van der Waals surface area (Å²) in [6, 6.07) is 1.77. The van der Waals surface area contributed by atoms with Crippen LogP contribution >= 0.6 is 12.2 Å². The third-order valence-corrected chi connectivity index (χ3v) is 3.26. The van der Waals surface area contributed by atoms with Crippen molar-refractivity contribution in [1.82, 2.24) is 9.97 Å². The number of piperidine rings is 1. The predicted molar refractivity (Wildman–Crippen MR) is 74.7 cm³/mol. The van der Waals surface area contributed by atoms with Crippen LogP contribution in [-0.4, -0.2) is 38.8 Å². The minimum Gasteiger partial charge on any atom is -0.388 e. The van der Waals surface area contributed by atoms with Gasteiger partial charge in [0.05, 0.1) is 5.60 Å². The largest absolute Gasteiger partial charge is 0.388 e. The van der Waals surface area contributed by atoms with Crippen LogP contribution in [0.3, 0.4) is 0 Å². The Morgan fingerprint density at radius 3 is 2.89 bits per heavy atom. The fourth-order valence-corrected chi connectivity index (χ4v) is 2.32. The highest BCUT2D eigenvalue weighted by Gasteiger charge is 2.29. The van der Waals surface area contributed by atoms with E-state index in [0.29, 0.717) is 18.2 Å². The highest BCUT2D eigenvalue weighted by Crippen LogP contribution is 2.23. The summed E-state index contributed by atoms with van der Waals surface area (Å²) in [7, 11) is 0. The van der Waals surface area contributed by atoms with Crippen molar-refractivity contribution in [3.05, 3.63) is 17.5 Å². The number of β-amino-alcohol motifs (C(OH)–C–C–N with tert-alkyl or cyclic N) is 1. The van der Waals surface area contributed by atoms with E-state index >= 15 is 0 Å². The standard InChI is InChI=1S/C12H18N4OS/c1-8-6-9(10(13)18)15-11(14-8)16-5-3-4-12(2,17)7-16/h6,17H,3-5,7H2,1-2H3,(H2,13,18). The van der Waals surface area contributed by atoms with Crippen LogP contribution in [0.15, 0.2) is 6.07 Å². The fraction of sp³-hybridized carbons (Fsp3) is 0.583. The average molecular weight is 266 g/mol. The van der Waals surface area contributed by atoms with Gasteiger partial charge in [-0.25, -0.2) is 9.97 Å². The molecule has 1 saturated heterocycles. The highest BCUT2D eigenvalue weighted by molar-refractivity contribution is 7.80. The zero-order chi connectivity index (χ0) is 13.3. The molecule has 0 radical (unpaired) electrons. The summed E-state index contributed by atoms with van der Waals surface area (Å²) < 4.78 is 0. The summed E-state index contributed by atoms with van der Waals surface area (Å²) in [4.78, 5) is 11.0. The SMILES string of the molecule is Cc1cc(C(N)=S)nc(N2CCCC(C)(O)C2)n1. The number of aryl methyl sites for hydroxylation is 1. The molecule has 2 rings (SSSR count). The van der Waals surface area contributed by atoms with Crippen LogP contribution in [0, 0.1) is 6.92 Å². The van der Waals surface area contributed by atoms with Crippen molar-refractivity contribution in [2.45, 2.75) is 32.3 Å². The van der Waals surface area contributed by atoms with Gasteiger partial charge in [-0.1, -0.05) is 12.2 Å². The Balaban J connectivity index is 2.30. The van der Waals surface area contributed by atoms with Crippen LogP contribution < -0.4 is 10.6 Å². The Labute approximate surface area is 112 Å². The lowest BCUT2D eigenvalue weighted by atomic mass is 9.95. The number of hydrogen-bond donors (Lipinski definition) is 2. The van der Waals surface area contributed by atoms with Gasteiger partial charge in [0, 0.05) is 18.8 Å². The number of aliphatic hydroxyl groups is 1. The Hall–Kier alpha value is -1.27. The maximum Gasteiger partial charge on any atom is 0.226 e. The van der Waals surface area contributed by atoms with Crippen molar-refractivity contribution in [1.29, 1.82) is 0 Å². The lowest BCUT2D eigenvalue weighted by Crippen LogP contribution is -2.47. The molecule has 1 aromatic heterocycles. The Morgan fingerprint density at radius 2 is 2.28 bits per heavy atom. The molecule has 0 saturated carbocycles. The molecule has 18 heavy (non-hydrogen) atoms. The van der Waals surface area contributed by atoms with E-state index in [-0.39, 0.29) is 4.99 Å². The van der Waals surface area contributed by atoms with Crippen LogP contribution in [0.4, 0.5) is 5.95 Å². The second-order valence-electron chi connectivity index (χ2n) is 5.08. The van der Waals surface area contributed by atoms with Gasteiger partial charge < -0.3 is 15.7 Å². The average Bonchev–Trinajstić information content (AvgIpc) is 2.26. The molecule has 0 amide bonds. The zero-order valence-corrected chi connectivity index (χ0v) is 11.5. The van der Waals surface area contributed by atoms with Gasteiger partial charge in [0.2, 0.25) is 5.95 Å². The second kappa shape index (κ2) is 4.78. The van der Waals surface area contributed by atoms with E-state index in [9.17, 15) is 5.11 Å². The monoisotopic (exact) mass is 266 g/mol.